The van der Waals surface area contributed by atoms with Gasteiger partial charge in [-0.15, -0.1) is 6.58 Å². The van der Waals surface area contributed by atoms with Gasteiger partial charge >= 0.3 is 12.0 Å². The maximum absolute atomic E-state index is 11.2. The highest BCUT2D eigenvalue weighted by Gasteiger charge is 2.25. The van der Waals surface area contributed by atoms with E-state index >= 15 is 0 Å². The number of carboxylic acid groups (broad SMARTS) is 1. The van der Waals surface area contributed by atoms with Crippen LogP contribution >= 0.6 is 0 Å². The lowest BCUT2D eigenvalue weighted by atomic mass is 10.0. The minimum absolute atomic E-state index is 0.00912. The van der Waals surface area contributed by atoms with Crippen LogP contribution in [0.25, 0.3) is 0 Å². The van der Waals surface area contributed by atoms with Crippen molar-refractivity contribution in [1.29, 1.82) is 0 Å². The number of hydrogen-bond donors (Lipinski definition) is 2. The zero-order chi connectivity index (χ0) is 10.6. The Labute approximate surface area is 82.4 Å². The van der Waals surface area contributed by atoms with E-state index < -0.39 is 5.97 Å². The lowest BCUT2D eigenvalue weighted by Gasteiger charge is -2.31. The molecule has 0 aliphatic carbocycles. The topological polar surface area (TPSA) is 69.6 Å². The minimum atomic E-state index is -0.829. The normalized spacial score (nSPS) is 21.6. The maximum atomic E-state index is 11.2. The third kappa shape index (κ3) is 2.76. The molecule has 0 spiro atoms. The van der Waals surface area contributed by atoms with Gasteiger partial charge in [-0.3, -0.25) is 4.79 Å². The first-order chi connectivity index (χ1) is 6.63. The standard InChI is InChI=1S/C9H14N2O3/c1-2-3-11-6-7(4-8(12)13)5-10-9(11)14/h2,7H,1,3-6H2,(H,10,14)(H,12,13). The molecule has 0 aromatic rings. The van der Waals surface area contributed by atoms with Gasteiger partial charge < -0.3 is 15.3 Å². The molecule has 1 saturated heterocycles. The molecular formula is C9H14N2O3. The molecule has 5 nitrogen and oxygen atoms in total. The number of carboxylic acids is 1. The summed E-state index contributed by atoms with van der Waals surface area (Å²) in [5.74, 6) is -0.838. The molecule has 2 amide bonds. The Balaban J connectivity index is 2.48. The van der Waals surface area contributed by atoms with Crippen molar-refractivity contribution in [1.82, 2.24) is 10.2 Å². The summed E-state index contributed by atoms with van der Waals surface area (Å²) >= 11 is 0. The van der Waals surface area contributed by atoms with Crippen LogP contribution in [0.5, 0.6) is 0 Å². The van der Waals surface area contributed by atoms with Crippen LogP contribution in [0.4, 0.5) is 4.79 Å². The van der Waals surface area contributed by atoms with Gasteiger partial charge in [-0.25, -0.2) is 4.79 Å². The molecular weight excluding hydrogens is 184 g/mol. The summed E-state index contributed by atoms with van der Waals surface area (Å²) in [7, 11) is 0. The second-order valence-electron chi connectivity index (χ2n) is 3.34. The molecule has 14 heavy (non-hydrogen) atoms. The molecule has 0 bridgehead atoms. The Morgan fingerprint density at radius 1 is 1.79 bits per heavy atom. The molecule has 1 aliphatic rings. The molecule has 0 aromatic heterocycles. The Hall–Kier alpha value is -1.52. The summed E-state index contributed by atoms with van der Waals surface area (Å²) in [6, 6.07) is -0.147. The number of amides is 2. The van der Waals surface area contributed by atoms with Crippen molar-refractivity contribution in [2.75, 3.05) is 19.6 Å². The molecule has 1 atom stereocenters. The molecule has 0 radical (unpaired) electrons. The predicted octanol–water partition coefficient (Wildman–Crippen LogP) is 0.289. The van der Waals surface area contributed by atoms with E-state index in [0.717, 1.165) is 0 Å². The average Bonchev–Trinajstić information content (AvgIpc) is 2.10. The number of carbonyl (C=O) groups is 2. The summed E-state index contributed by atoms with van der Waals surface area (Å²) in [6.45, 7) is 4.93. The van der Waals surface area contributed by atoms with Crippen molar-refractivity contribution in [3.8, 4) is 0 Å². The molecule has 1 fully saturated rings. The largest absolute Gasteiger partial charge is 0.481 e. The number of nitrogens with zero attached hydrogens (tertiary/aromatic N) is 1. The van der Waals surface area contributed by atoms with Crippen molar-refractivity contribution in [3.63, 3.8) is 0 Å². The van der Waals surface area contributed by atoms with Crippen molar-refractivity contribution in [2.45, 2.75) is 6.42 Å². The summed E-state index contributed by atoms with van der Waals surface area (Å²) < 4.78 is 0. The molecule has 1 rings (SSSR count). The fourth-order valence-electron chi connectivity index (χ4n) is 1.50. The first kappa shape index (κ1) is 10.6. The lowest BCUT2D eigenvalue weighted by Crippen LogP contribution is -2.51. The van der Waals surface area contributed by atoms with Gasteiger partial charge in [0, 0.05) is 25.6 Å². The monoisotopic (exact) mass is 198 g/mol. The predicted molar refractivity (Wildman–Crippen MR) is 50.9 cm³/mol. The van der Waals surface area contributed by atoms with Gasteiger partial charge in [0.15, 0.2) is 0 Å². The quantitative estimate of drug-likeness (QED) is 0.638. The van der Waals surface area contributed by atoms with Gasteiger partial charge in [0.2, 0.25) is 0 Å². The molecule has 2 N–H and O–H groups in total. The van der Waals surface area contributed by atoms with Crippen LogP contribution in [0.1, 0.15) is 6.42 Å². The molecule has 1 heterocycles. The average molecular weight is 198 g/mol. The van der Waals surface area contributed by atoms with Gasteiger partial charge in [0.05, 0.1) is 6.42 Å². The van der Waals surface area contributed by atoms with E-state index in [-0.39, 0.29) is 18.4 Å². The smallest absolute Gasteiger partial charge is 0.317 e. The SMILES string of the molecule is C=CCN1CC(CC(=O)O)CNC1=O. The Bertz CT molecular complexity index is 252. The van der Waals surface area contributed by atoms with Crippen molar-refractivity contribution in [3.05, 3.63) is 12.7 Å². The molecule has 1 aliphatic heterocycles. The second kappa shape index (κ2) is 4.64. The number of aliphatic carboxylic acids is 1. The van der Waals surface area contributed by atoms with Crippen LogP contribution in [-0.4, -0.2) is 41.6 Å². The van der Waals surface area contributed by atoms with Crippen molar-refractivity contribution < 1.29 is 14.7 Å². The summed E-state index contributed by atoms with van der Waals surface area (Å²) in [6.07, 6.45) is 1.72. The zero-order valence-electron chi connectivity index (χ0n) is 7.90. The first-order valence-electron chi connectivity index (χ1n) is 4.49. The van der Waals surface area contributed by atoms with Gasteiger partial charge in [0.1, 0.15) is 0 Å². The third-order valence-electron chi connectivity index (χ3n) is 2.12. The van der Waals surface area contributed by atoms with Gasteiger partial charge in [-0.2, -0.15) is 0 Å². The van der Waals surface area contributed by atoms with Crippen molar-refractivity contribution in [2.24, 2.45) is 5.92 Å². The van der Waals surface area contributed by atoms with E-state index in [1.807, 2.05) is 0 Å². The zero-order valence-corrected chi connectivity index (χ0v) is 7.90. The van der Waals surface area contributed by atoms with E-state index in [1.54, 1.807) is 11.0 Å². The van der Waals surface area contributed by atoms with E-state index in [9.17, 15) is 9.59 Å². The number of nitrogens with one attached hydrogen (secondary N) is 1. The molecule has 5 heteroatoms. The Morgan fingerprint density at radius 3 is 3.07 bits per heavy atom. The highest BCUT2D eigenvalue weighted by molar-refractivity contribution is 5.75. The highest BCUT2D eigenvalue weighted by Crippen LogP contribution is 2.10. The first-order valence-corrected chi connectivity index (χ1v) is 4.49. The Morgan fingerprint density at radius 2 is 2.50 bits per heavy atom. The van der Waals surface area contributed by atoms with Crippen LogP contribution < -0.4 is 5.32 Å². The number of carbonyl (C=O) groups excluding carboxylic acids is 1. The second-order valence-corrected chi connectivity index (χ2v) is 3.34. The van der Waals surface area contributed by atoms with Crippen LogP contribution in [0, 0.1) is 5.92 Å². The minimum Gasteiger partial charge on any atom is -0.481 e. The fourth-order valence-corrected chi connectivity index (χ4v) is 1.50. The Kier molecular flexibility index (Phi) is 3.50. The highest BCUT2D eigenvalue weighted by atomic mass is 16.4. The van der Waals surface area contributed by atoms with Gasteiger partial charge in [-0.1, -0.05) is 6.08 Å². The van der Waals surface area contributed by atoms with Crippen LogP contribution in [0.2, 0.25) is 0 Å². The van der Waals surface area contributed by atoms with Crippen LogP contribution in [0.3, 0.4) is 0 Å². The third-order valence-corrected chi connectivity index (χ3v) is 2.12. The van der Waals surface area contributed by atoms with Crippen molar-refractivity contribution >= 4 is 12.0 Å². The number of rotatable bonds is 4. The van der Waals surface area contributed by atoms with E-state index in [2.05, 4.69) is 11.9 Å². The lowest BCUT2D eigenvalue weighted by molar-refractivity contribution is -0.138. The van der Waals surface area contributed by atoms with E-state index in [4.69, 9.17) is 5.11 Å². The van der Waals surface area contributed by atoms with E-state index in [0.29, 0.717) is 19.6 Å². The fraction of sp³-hybridized carbons (Fsp3) is 0.556. The van der Waals surface area contributed by atoms with E-state index in [1.165, 1.54) is 0 Å². The molecule has 78 valence electrons. The maximum Gasteiger partial charge on any atom is 0.317 e. The molecule has 0 aromatic carbocycles. The van der Waals surface area contributed by atoms with Gasteiger partial charge in [-0.05, 0) is 0 Å². The van der Waals surface area contributed by atoms with Gasteiger partial charge in [0.25, 0.3) is 0 Å². The van der Waals surface area contributed by atoms with Crippen LogP contribution in [-0.2, 0) is 4.79 Å². The molecule has 0 saturated carbocycles. The van der Waals surface area contributed by atoms with Crippen LogP contribution in [0.15, 0.2) is 12.7 Å². The summed E-state index contributed by atoms with van der Waals surface area (Å²) in [5, 5.41) is 11.2. The molecule has 1 unspecified atom stereocenters. The number of hydrogen-bond acceptors (Lipinski definition) is 2. The summed E-state index contributed by atoms with van der Waals surface area (Å²) in [4.78, 5) is 23.3. The number of urea groups is 1. The summed E-state index contributed by atoms with van der Waals surface area (Å²) in [5.41, 5.74) is 0.